The van der Waals surface area contributed by atoms with E-state index in [1.807, 2.05) is 0 Å². The molecule has 2 aromatic rings. The molecule has 1 aliphatic heterocycles. The first-order chi connectivity index (χ1) is 9.07. The molecular formula is C12H11ClN2O3S. The summed E-state index contributed by atoms with van der Waals surface area (Å²) in [7, 11) is -3.66. The van der Waals surface area contributed by atoms with Gasteiger partial charge >= 0.3 is 0 Å². The van der Waals surface area contributed by atoms with E-state index >= 15 is 0 Å². The summed E-state index contributed by atoms with van der Waals surface area (Å²) in [5, 5.41) is 4.63. The normalized spacial score (nSPS) is 15.2. The van der Waals surface area contributed by atoms with Crippen molar-refractivity contribution in [2.45, 2.75) is 17.9 Å². The predicted molar refractivity (Wildman–Crippen MR) is 69.6 cm³/mol. The van der Waals surface area contributed by atoms with E-state index in [1.54, 1.807) is 12.1 Å². The van der Waals surface area contributed by atoms with Gasteiger partial charge in [0.2, 0.25) is 0 Å². The van der Waals surface area contributed by atoms with Gasteiger partial charge in [-0.3, -0.25) is 0 Å². The molecule has 2 heterocycles. The van der Waals surface area contributed by atoms with Gasteiger partial charge in [0.1, 0.15) is 0 Å². The minimum atomic E-state index is -3.66. The van der Waals surface area contributed by atoms with E-state index in [-0.39, 0.29) is 4.90 Å². The first-order valence-electron chi connectivity index (χ1n) is 5.74. The van der Waals surface area contributed by atoms with Crippen LogP contribution in [0.4, 0.5) is 0 Å². The van der Waals surface area contributed by atoms with Crippen LogP contribution in [0.2, 0.25) is 5.02 Å². The summed E-state index contributed by atoms with van der Waals surface area (Å²) < 4.78 is 31.0. The highest BCUT2D eigenvalue weighted by Crippen LogP contribution is 2.20. The van der Waals surface area contributed by atoms with E-state index in [4.69, 9.17) is 16.3 Å². The van der Waals surface area contributed by atoms with Crippen molar-refractivity contribution in [1.82, 2.24) is 9.19 Å². The molecule has 0 spiro atoms. The monoisotopic (exact) mass is 298 g/mol. The SMILES string of the molecule is O=S(=O)(c1ccc(Cl)cc1)n1cc2c(n1)CCOC2. The molecule has 0 amide bonds. The Bertz CT molecular complexity index is 684. The van der Waals surface area contributed by atoms with Crippen LogP contribution in [-0.2, 0) is 27.8 Å². The molecule has 0 aliphatic carbocycles. The number of aromatic nitrogens is 2. The number of nitrogens with zero attached hydrogens (tertiary/aromatic N) is 2. The van der Waals surface area contributed by atoms with Gasteiger partial charge in [-0.2, -0.15) is 17.6 Å². The quantitative estimate of drug-likeness (QED) is 0.849. The Kier molecular flexibility index (Phi) is 3.08. The highest BCUT2D eigenvalue weighted by atomic mass is 35.5. The van der Waals surface area contributed by atoms with Crippen LogP contribution in [0.15, 0.2) is 35.4 Å². The average Bonchev–Trinajstić information content (AvgIpc) is 2.83. The molecule has 0 radical (unpaired) electrons. The van der Waals surface area contributed by atoms with Gasteiger partial charge in [-0.1, -0.05) is 11.6 Å². The molecule has 7 heteroatoms. The third-order valence-electron chi connectivity index (χ3n) is 2.95. The summed E-state index contributed by atoms with van der Waals surface area (Å²) in [5.41, 5.74) is 1.60. The molecule has 0 bridgehead atoms. The first-order valence-corrected chi connectivity index (χ1v) is 7.55. The molecule has 0 N–H and O–H groups in total. The highest BCUT2D eigenvalue weighted by molar-refractivity contribution is 7.89. The fourth-order valence-electron chi connectivity index (χ4n) is 1.94. The summed E-state index contributed by atoms with van der Waals surface area (Å²) in [5.74, 6) is 0. The molecule has 1 aromatic heterocycles. The van der Waals surface area contributed by atoms with Gasteiger partial charge in [0.25, 0.3) is 10.0 Å². The van der Waals surface area contributed by atoms with Crippen molar-refractivity contribution in [2.24, 2.45) is 0 Å². The van der Waals surface area contributed by atoms with Gasteiger partial charge < -0.3 is 4.74 Å². The average molecular weight is 299 g/mol. The van der Waals surface area contributed by atoms with Crippen molar-refractivity contribution >= 4 is 21.6 Å². The van der Waals surface area contributed by atoms with Gasteiger partial charge in [0, 0.05) is 23.2 Å². The van der Waals surface area contributed by atoms with Gasteiger partial charge in [-0.15, -0.1) is 0 Å². The summed E-state index contributed by atoms with van der Waals surface area (Å²) in [6.45, 7) is 0.983. The van der Waals surface area contributed by atoms with Crippen molar-refractivity contribution in [1.29, 1.82) is 0 Å². The second kappa shape index (κ2) is 4.63. The predicted octanol–water partition coefficient (Wildman–Crippen LogP) is 1.85. The van der Waals surface area contributed by atoms with Crippen molar-refractivity contribution in [3.63, 3.8) is 0 Å². The summed E-state index contributed by atoms with van der Waals surface area (Å²) >= 11 is 5.76. The zero-order chi connectivity index (χ0) is 13.5. The molecule has 0 saturated heterocycles. The largest absolute Gasteiger partial charge is 0.376 e. The Balaban J connectivity index is 2.04. The van der Waals surface area contributed by atoms with E-state index in [2.05, 4.69) is 5.10 Å². The first kappa shape index (κ1) is 12.7. The molecule has 0 fully saturated rings. The summed E-state index contributed by atoms with van der Waals surface area (Å²) in [4.78, 5) is 0.165. The lowest BCUT2D eigenvalue weighted by atomic mass is 10.2. The van der Waals surface area contributed by atoms with Crippen molar-refractivity contribution in [3.8, 4) is 0 Å². The van der Waals surface area contributed by atoms with Crippen molar-refractivity contribution < 1.29 is 13.2 Å². The van der Waals surface area contributed by atoms with Crippen LogP contribution in [0.1, 0.15) is 11.3 Å². The van der Waals surface area contributed by atoms with Crippen LogP contribution in [-0.4, -0.2) is 24.2 Å². The molecule has 0 saturated carbocycles. The van der Waals surface area contributed by atoms with Crippen LogP contribution in [0.3, 0.4) is 0 Å². The van der Waals surface area contributed by atoms with E-state index in [0.717, 1.165) is 15.3 Å². The third-order valence-corrected chi connectivity index (χ3v) is 4.75. The van der Waals surface area contributed by atoms with Crippen LogP contribution in [0.25, 0.3) is 0 Å². The Morgan fingerprint density at radius 3 is 2.68 bits per heavy atom. The number of rotatable bonds is 2. The zero-order valence-corrected chi connectivity index (χ0v) is 11.5. The summed E-state index contributed by atoms with van der Waals surface area (Å²) in [6, 6.07) is 6.02. The Hall–Kier alpha value is -1.37. The lowest BCUT2D eigenvalue weighted by Gasteiger charge is -2.08. The van der Waals surface area contributed by atoms with Crippen LogP contribution < -0.4 is 0 Å². The topological polar surface area (TPSA) is 61.2 Å². The summed E-state index contributed by atoms with van der Waals surface area (Å²) in [6.07, 6.45) is 2.15. The van der Waals surface area contributed by atoms with E-state index < -0.39 is 10.0 Å². The molecule has 1 aromatic carbocycles. The number of halogens is 1. The minimum Gasteiger partial charge on any atom is -0.376 e. The zero-order valence-electron chi connectivity index (χ0n) is 9.91. The van der Waals surface area contributed by atoms with Gasteiger partial charge in [0.15, 0.2) is 0 Å². The van der Waals surface area contributed by atoms with Crippen LogP contribution in [0.5, 0.6) is 0 Å². The second-order valence-electron chi connectivity index (χ2n) is 4.24. The number of ether oxygens (including phenoxy) is 1. The smallest absolute Gasteiger partial charge is 0.282 e. The van der Waals surface area contributed by atoms with Crippen molar-refractivity contribution in [3.05, 3.63) is 46.7 Å². The molecule has 5 nitrogen and oxygen atoms in total. The fourth-order valence-corrected chi connectivity index (χ4v) is 3.23. The molecule has 3 rings (SSSR count). The fraction of sp³-hybridized carbons (Fsp3) is 0.250. The van der Waals surface area contributed by atoms with Crippen LogP contribution >= 0.6 is 11.6 Å². The van der Waals surface area contributed by atoms with Gasteiger partial charge in [-0.25, -0.2) is 0 Å². The van der Waals surface area contributed by atoms with E-state index in [1.165, 1.54) is 18.3 Å². The second-order valence-corrected chi connectivity index (χ2v) is 6.47. The van der Waals surface area contributed by atoms with Crippen LogP contribution in [0, 0.1) is 0 Å². The van der Waals surface area contributed by atoms with E-state index in [0.29, 0.717) is 24.7 Å². The Morgan fingerprint density at radius 1 is 1.26 bits per heavy atom. The third kappa shape index (κ3) is 2.27. The maximum Gasteiger partial charge on any atom is 0.282 e. The maximum absolute atomic E-state index is 12.4. The Labute approximate surface area is 115 Å². The van der Waals surface area contributed by atoms with E-state index in [9.17, 15) is 8.42 Å². The molecule has 100 valence electrons. The maximum atomic E-state index is 12.4. The number of hydrogen-bond donors (Lipinski definition) is 0. The minimum absolute atomic E-state index is 0.165. The van der Waals surface area contributed by atoms with Gasteiger partial charge in [-0.05, 0) is 24.3 Å². The lowest BCUT2D eigenvalue weighted by Crippen LogP contribution is -2.14. The number of hydrogen-bond acceptors (Lipinski definition) is 4. The molecular weight excluding hydrogens is 288 g/mol. The molecule has 0 unspecified atom stereocenters. The standard InChI is InChI=1S/C12H11ClN2O3S/c13-10-1-3-11(4-2-10)19(16,17)15-7-9-8-18-6-5-12(9)14-15/h1-4,7H,5-6,8H2. The van der Waals surface area contributed by atoms with Crippen molar-refractivity contribution in [2.75, 3.05) is 6.61 Å². The number of fused-ring (bicyclic) bond motifs is 1. The molecule has 1 aliphatic rings. The lowest BCUT2D eigenvalue weighted by molar-refractivity contribution is 0.110. The molecule has 0 atom stereocenters. The van der Waals surface area contributed by atoms with Gasteiger partial charge in [0.05, 0.1) is 23.8 Å². The number of benzene rings is 1. The molecule has 19 heavy (non-hydrogen) atoms. The Morgan fingerprint density at radius 2 is 2.00 bits per heavy atom. The highest BCUT2D eigenvalue weighted by Gasteiger charge is 2.22.